The molecule has 168 valence electrons. The Morgan fingerprint density at radius 3 is 2.72 bits per heavy atom. The zero-order chi connectivity index (χ0) is 22.8. The Balaban J connectivity index is 1.58. The number of nitrogens with zero attached hydrogens (tertiary/aromatic N) is 1. The third kappa shape index (κ3) is 4.53. The third-order valence-corrected chi connectivity index (χ3v) is 6.04. The average Bonchev–Trinajstić information content (AvgIpc) is 3.38. The summed E-state index contributed by atoms with van der Waals surface area (Å²) >= 11 is 0. The largest absolute Gasteiger partial charge is 0.451 e. The highest BCUT2D eigenvalue weighted by molar-refractivity contribution is 6.02. The van der Waals surface area contributed by atoms with Crippen molar-refractivity contribution in [1.82, 2.24) is 4.90 Å². The lowest BCUT2D eigenvalue weighted by Gasteiger charge is -2.24. The lowest BCUT2D eigenvalue weighted by Crippen LogP contribution is -2.42. The van der Waals surface area contributed by atoms with Gasteiger partial charge in [0.15, 0.2) is 5.76 Å². The van der Waals surface area contributed by atoms with Crippen molar-refractivity contribution in [3.05, 3.63) is 64.7 Å². The minimum atomic E-state index is -0.411. The summed E-state index contributed by atoms with van der Waals surface area (Å²) in [6.07, 6.45) is 1.62. The Morgan fingerprint density at radius 2 is 1.97 bits per heavy atom. The number of ether oxygens (including phenoxy) is 1. The monoisotopic (exact) mass is 438 g/mol. The van der Waals surface area contributed by atoms with Crippen molar-refractivity contribution in [3.8, 4) is 0 Å². The van der Waals surface area contributed by atoms with Gasteiger partial charge >= 0.3 is 0 Å². The number of carbonyl (C=O) groups excluding carboxylic acids is 2. The molecule has 1 aromatic heterocycles. The maximum atomic E-state index is 13.7. The molecular weight excluding hydrogens is 411 g/mol. The number of furan rings is 1. The Morgan fingerprint density at radius 1 is 1.16 bits per heavy atom. The molecule has 3 aromatic rings. The number of amides is 2. The highest BCUT2D eigenvalue weighted by atomic mass is 19.1. The second kappa shape index (κ2) is 9.12. The molecule has 1 atom stereocenters. The molecule has 0 unspecified atom stereocenters. The summed E-state index contributed by atoms with van der Waals surface area (Å²) in [5.41, 5.74) is 3.75. The van der Waals surface area contributed by atoms with E-state index in [1.165, 1.54) is 23.1 Å². The van der Waals surface area contributed by atoms with Crippen molar-refractivity contribution in [3.63, 3.8) is 0 Å². The van der Waals surface area contributed by atoms with E-state index in [-0.39, 0.29) is 30.9 Å². The first-order valence-electron chi connectivity index (χ1n) is 10.8. The van der Waals surface area contributed by atoms with E-state index in [0.29, 0.717) is 23.1 Å². The summed E-state index contributed by atoms with van der Waals surface area (Å²) in [7, 11) is 0. The molecule has 0 aliphatic carbocycles. The van der Waals surface area contributed by atoms with E-state index in [0.717, 1.165) is 29.7 Å². The van der Waals surface area contributed by atoms with E-state index in [2.05, 4.69) is 5.32 Å². The molecule has 1 aliphatic rings. The van der Waals surface area contributed by atoms with Crippen LogP contribution in [0.15, 0.2) is 40.8 Å². The quantitative estimate of drug-likeness (QED) is 0.603. The predicted octanol–water partition coefficient (Wildman–Crippen LogP) is 4.76. The molecule has 32 heavy (non-hydrogen) atoms. The van der Waals surface area contributed by atoms with Crippen molar-refractivity contribution in [2.24, 2.45) is 0 Å². The van der Waals surface area contributed by atoms with Gasteiger partial charge in [0.1, 0.15) is 17.9 Å². The number of hydrogen-bond acceptors (Lipinski definition) is 4. The summed E-state index contributed by atoms with van der Waals surface area (Å²) in [4.78, 5) is 27.7. The third-order valence-electron chi connectivity index (χ3n) is 6.04. The Kier molecular flexibility index (Phi) is 6.28. The molecule has 0 radical (unpaired) electrons. The van der Waals surface area contributed by atoms with Gasteiger partial charge < -0.3 is 19.4 Å². The number of rotatable bonds is 6. The van der Waals surface area contributed by atoms with Gasteiger partial charge in [-0.3, -0.25) is 9.59 Å². The van der Waals surface area contributed by atoms with Crippen molar-refractivity contribution in [2.75, 3.05) is 25.0 Å². The molecule has 2 heterocycles. The van der Waals surface area contributed by atoms with Crippen LogP contribution < -0.4 is 5.32 Å². The molecule has 0 bridgehead atoms. The predicted molar refractivity (Wildman–Crippen MR) is 120 cm³/mol. The molecular formula is C25H27FN2O4. The van der Waals surface area contributed by atoms with Gasteiger partial charge in [-0.25, -0.2) is 4.39 Å². The average molecular weight is 438 g/mol. The van der Waals surface area contributed by atoms with E-state index in [1.807, 2.05) is 32.0 Å². The lowest BCUT2D eigenvalue weighted by molar-refractivity contribution is -0.117. The molecule has 0 spiro atoms. The van der Waals surface area contributed by atoms with Crippen LogP contribution in [0.1, 0.15) is 40.1 Å². The summed E-state index contributed by atoms with van der Waals surface area (Å²) in [6.45, 7) is 6.42. The van der Waals surface area contributed by atoms with Gasteiger partial charge in [0.25, 0.3) is 5.91 Å². The van der Waals surface area contributed by atoms with Crippen molar-refractivity contribution >= 4 is 28.5 Å². The van der Waals surface area contributed by atoms with Crippen LogP contribution in [-0.4, -0.2) is 42.5 Å². The maximum absolute atomic E-state index is 13.7. The van der Waals surface area contributed by atoms with Crippen LogP contribution in [-0.2, 0) is 9.53 Å². The Labute approximate surface area is 186 Å². The number of carbonyl (C=O) groups is 2. The van der Waals surface area contributed by atoms with Crippen molar-refractivity contribution < 1.29 is 23.1 Å². The minimum Gasteiger partial charge on any atom is -0.451 e. The topological polar surface area (TPSA) is 71.8 Å². The number of anilines is 1. The molecule has 6 nitrogen and oxygen atoms in total. The molecule has 0 saturated carbocycles. The summed E-state index contributed by atoms with van der Waals surface area (Å²) < 4.78 is 25.2. The number of nitrogens with one attached hydrogen (secondary N) is 1. The first kappa shape index (κ1) is 22.0. The molecule has 1 aliphatic heterocycles. The van der Waals surface area contributed by atoms with Crippen LogP contribution >= 0.6 is 0 Å². The smallest absolute Gasteiger partial charge is 0.290 e. The first-order chi connectivity index (χ1) is 15.3. The molecule has 4 rings (SSSR count). The first-order valence-corrected chi connectivity index (χ1v) is 10.8. The van der Waals surface area contributed by atoms with Gasteiger partial charge in [0.2, 0.25) is 5.91 Å². The second-order valence-corrected chi connectivity index (χ2v) is 8.31. The standard InChI is InChI=1S/C25H27FN2O4/c1-15-6-4-8-21(16(15)2)27-23(29)14-28(13-19-7-5-11-31-19)25(30)24-17(3)20-12-18(26)9-10-22(20)32-24/h4,6,8-10,12,19H,5,7,11,13-14H2,1-3H3,(H,27,29)/t19-/m0/s1. The van der Waals surface area contributed by atoms with Crippen LogP contribution in [0.4, 0.5) is 10.1 Å². The molecule has 1 N–H and O–H groups in total. The zero-order valence-corrected chi connectivity index (χ0v) is 18.5. The Bertz CT molecular complexity index is 1160. The molecule has 2 aromatic carbocycles. The van der Waals surface area contributed by atoms with Crippen LogP contribution in [0.2, 0.25) is 0 Å². The zero-order valence-electron chi connectivity index (χ0n) is 18.5. The number of aryl methyl sites for hydroxylation is 2. The fraction of sp³-hybridized carbons (Fsp3) is 0.360. The van der Waals surface area contributed by atoms with E-state index in [1.54, 1.807) is 6.92 Å². The number of fused-ring (bicyclic) bond motifs is 1. The van der Waals surface area contributed by atoms with Crippen molar-refractivity contribution in [2.45, 2.75) is 39.7 Å². The summed E-state index contributed by atoms with van der Waals surface area (Å²) in [5, 5.41) is 3.45. The van der Waals surface area contributed by atoms with Gasteiger partial charge in [-0.1, -0.05) is 12.1 Å². The fourth-order valence-corrected chi connectivity index (χ4v) is 4.04. The highest BCUT2D eigenvalue weighted by Gasteiger charge is 2.29. The van der Waals surface area contributed by atoms with E-state index >= 15 is 0 Å². The second-order valence-electron chi connectivity index (χ2n) is 8.31. The molecule has 7 heteroatoms. The van der Waals surface area contributed by atoms with Gasteiger partial charge in [0, 0.05) is 29.8 Å². The van der Waals surface area contributed by atoms with Crippen LogP contribution in [0.3, 0.4) is 0 Å². The van der Waals surface area contributed by atoms with Crippen LogP contribution in [0.25, 0.3) is 11.0 Å². The van der Waals surface area contributed by atoms with Crippen LogP contribution in [0, 0.1) is 26.6 Å². The van der Waals surface area contributed by atoms with Crippen LogP contribution in [0.5, 0.6) is 0 Å². The number of benzene rings is 2. The van der Waals surface area contributed by atoms with E-state index in [4.69, 9.17) is 9.15 Å². The molecule has 1 saturated heterocycles. The minimum absolute atomic E-state index is 0.114. The highest BCUT2D eigenvalue weighted by Crippen LogP contribution is 2.27. The van der Waals surface area contributed by atoms with Gasteiger partial charge in [-0.15, -0.1) is 0 Å². The normalized spacial score (nSPS) is 15.8. The molecule has 2 amide bonds. The van der Waals surface area contributed by atoms with Crippen molar-refractivity contribution in [1.29, 1.82) is 0 Å². The van der Waals surface area contributed by atoms with Gasteiger partial charge in [0.05, 0.1) is 6.10 Å². The number of hydrogen-bond donors (Lipinski definition) is 1. The van der Waals surface area contributed by atoms with E-state index in [9.17, 15) is 14.0 Å². The van der Waals surface area contributed by atoms with E-state index < -0.39 is 11.7 Å². The van der Waals surface area contributed by atoms with Gasteiger partial charge in [-0.2, -0.15) is 0 Å². The maximum Gasteiger partial charge on any atom is 0.290 e. The molecule has 1 fully saturated rings. The van der Waals surface area contributed by atoms with Gasteiger partial charge in [-0.05, 0) is 69.0 Å². The number of halogens is 1. The SMILES string of the molecule is Cc1cccc(NC(=O)CN(C[C@@H]2CCCO2)C(=O)c2oc3ccc(F)cc3c2C)c1C. The lowest BCUT2D eigenvalue weighted by atomic mass is 10.1. The Hall–Kier alpha value is -3.19. The summed E-state index contributed by atoms with van der Waals surface area (Å²) in [5.74, 6) is -0.997. The summed E-state index contributed by atoms with van der Waals surface area (Å²) in [6, 6.07) is 9.84. The fourth-order valence-electron chi connectivity index (χ4n) is 4.04.